The van der Waals surface area contributed by atoms with Crippen LogP contribution >= 0.6 is 0 Å². The van der Waals surface area contributed by atoms with Gasteiger partial charge in [-0.15, -0.1) is 0 Å². The van der Waals surface area contributed by atoms with Crippen LogP contribution in [0.1, 0.15) is 40.7 Å². The molecule has 1 fully saturated rings. The van der Waals surface area contributed by atoms with Crippen molar-refractivity contribution in [2.75, 3.05) is 13.1 Å². The van der Waals surface area contributed by atoms with Gasteiger partial charge >= 0.3 is 5.97 Å². The summed E-state index contributed by atoms with van der Waals surface area (Å²) in [7, 11) is 0. The van der Waals surface area contributed by atoms with E-state index in [1.54, 1.807) is 18.2 Å². The number of piperidine rings is 1. The number of rotatable bonds is 3. The molecule has 4 heteroatoms. The van der Waals surface area contributed by atoms with Gasteiger partial charge in [-0.2, -0.15) is 0 Å². The number of amides is 1. The zero-order chi connectivity index (χ0) is 14.5. The fourth-order valence-corrected chi connectivity index (χ4v) is 2.44. The second kappa shape index (κ2) is 6.37. The van der Waals surface area contributed by atoms with Crippen LogP contribution in [0.2, 0.25) is 0 Å². The number of carbonyl (C=O) groups excluding carboxylic acids is 1. The third-order valence-corrected chi connectivity index (χ3v) is 3.57. The minimum Gasteiger partial charge on any atom is -0.478 e. The number of likely N-dealkylation sites (tertiary alicyclic amines) is 1. The zero-order valence-electron chi connectivity index (χ0n) is 11.6. The number of aryl methyl sites for hydroxylation is 1. The van der Waals surface area contributed by atoms with Gasteiger partial charge in [0.15, 0.2) is 0 Å². The van der Waals surface area contributed by atoms with E-state index in [1.165, 1.54) is 6.42 Å². The number of nitrogens with zero attached hydrogens (tertiary/aromatic N) is 1. The van der Waals surface area contributed by atoms with Crippen LogP contribution in [-0.4, -0.2) is 35.0 Å². The molecule has 2 rings (SSSR count). The first kappa shape index (κ1) is 14.3. The summed E-state index contributed by atoms with van der Waals surface area (Å²) in [6, 6.07) is 5.40. The highest BCUT2D eigenvalue weighted by Crippen LogP contribution is 2.17. The second-order valence-corrected chi connectivity index (χ2v) is 5.10. The van der Waals surface area contributed by atoms with Crippen molar-refractivity contribution in [1.82, 2.24) is 4.90 Å². The van der Waals surface area contributed by atoms with E-state index in [0.717, 1.165) is 43.1 Å². The Morgan fingerprint density at radius 3 is 2.50 bits per heavy atom. The molecule has 0 bridgehead atoms. The molecule has 1 aliphatic rings. The van der Waals surface area contributed by atoms with E-state index in [4.69, 9.17) is 5.11 Å². The number of carboxylic acids is 1. The maximum Gasteiger partial charge on any atom is 0.328 e. The first-order valence-electron chi connectivity index (χ1n) is 6.89. The average molecular weight is 273 g/mol. The minimum absolute atomic E-state index is 0.0709. The SMILES string of the molecule is Cc1cc(C(=O)N2CCCCC2)ccc1/C=C/C(=O)O. The normalized spacial score (nSPS) is 15.6. The smallest absolute Gasteiger partial charge is 0.328 e. The van der Waals surface area contributed by atoms with E-state index < -0.39 is 5.97 Å². The molecule has 0 aliphatic carbocycles. The van der Waals surface area contributed by atoms with Crippen LogP contribution in [0.4, 0.5) is 0 Å². The lowest BCUT2D eigenvalue weighted by Crippen LogP contribution is -2.35. The summed E-state index contributed by atoms with van der Waals surface area (Å²) in [6.45, 7) is 3.55. The first-order valence-corrected chi connectivity index (χ1v) is 6.89. The van der Waals surface area contributed by atoms with Crippen molar-refractivity contribution in [2.24, 2.45) is 0 Å². The standard InChI is InChI=1S/C16H19NO3/c1-12-11-14(6-5-13(12)7-8-15(18)19)16(20)17-9-3-2-4-10-17/h5-8,11H,2-4,9-10H2,1H3,(H,18,19)/b8-7+. The fraction of sp³-hybridized carbons (Fsp3) is 0.375. The highest BCUT2D eigenvalue weighted by atomic mass is 16.4. The monoisotopic (exact) mass is 273 g/mol. The maximum atomic E-state index is 12.3. The summed E-state index contributed by atoms with van der Waals surface area (Å²) in [6.07, 6.45) is 6.00. The molecule has 1 amide bonds. The summed E-state index contributed by atoms with van der Waals surface area (Å²) in [4.78, 5) is 24.8. The van der Waals surface area contributed by atoms with Crippen molar-refractivity contribution in [3.05, 3.63) is 41.0 Å². The molecular weight excluding hydrogens is 254 g/mol. The molecule has 106 valence electrons. The van der Waals surface area contributed by atoms with Crippen molar-refractivity contribution < 1.29 is 14.7 Å². The molecule has 1 N–H and O–H groups in total. The molecule has 20 heavy (non-hydrogen) atoms. The quantitative estimate of drug-likeness (QED) is 0.861. The lowest BCUT2D eigenvalue weighted by molar-refractivity contribution is -0.131. The molecule has 1 aromatic carbocycles. The summed E-state index contributed by atoms with van der Waals surface area (Å²) >= 11 is 0. The maximum absolute atomic E-state index is 12.3. The van der Waals surface area contributed by atoms with Crippen LogP contribution < -0.4 is 0 Å². The Hall–Kier alpha value is -2.10. The number of hydrogen-bond acceptors (Lipinski definition) is 2. The van der Waals surface area contributed by atoms with Crippen molar-refractivity contribution in [1.29, 1.82) is 0 Å². The molecule has 0 unspecified atom stereocenters. The van der Waals surface area contributed by atoms with Gasteiger partial charge in [0.1, 0.15) is 0 Å². The molecule has 0 atom stereocenters. The number of carbonyl (C=O) groups is 2. The number of benzene rings is 1. The van der Waals surface area contributed by atoms with Gasteiger partial charge in [0, 0.05) is 24.7 Å². The van der Waals surface area contributed by atoms with E-state index in [2.05, 4.69) is 0 Å². The Labute approximate surface area is 118 Å². The molecule has 1 aliphatic heterocycles. The topological polar surface area (TPSA) is 57.6 Å². The van der Waals surface area contributed by atoms with Gasteiger partial charge in [0.2, 0.25) is 0 Å². The molecule has 4 nitrogen and oxygen atoms in total. The van der Waals surface area contributed by atoms with Crippen molar-refractivity contribution >= 4 is 18.0 Å². The van der Waals surface area contributed by atoms with Crippen LogP contribution in [0.25, 0.3) is 6.08 Å². The van der Waals surface area contributed by atoms with E-state index in [9.17, 15) is 9.59 Å². The van der Waals surface area contributed by atoms with Crippen LogP contribution in [0.5, 0.6) is 0 Å². The van der Waals surface area contributed by atoms with Gasteiger partial charge < -0.3 is 10.0 Å². The molecular formula is C16H19NO3. The predicted octanol–water partition coefficient (Wildman–Crippen LogP) is 2.72. The predicted molar refractivity (Wildman–Crippen MR) is 77.6 cm³/mol. The molecule has 0 radical (unpaired) electrons. The van der Waals surface area contributed by atoms with Gasteiger partial charge in [-0.05, 0) is 55.5 Å². The Morgan fingerprint density at radius 1 is 1.20 bits per heavy atom. The third-order valence-electron chi connectivity index (χ3n) is 3.57. The zero-order valence-corrected chi connectivity index (χ0v) is 11.6. The summed E-state index contributed by atoms with van der Waals surface area (Å²) in [5.74, 6) is -0.903. The van der Waals surface area contributed by atoms with Crippen molar-refractivity contribution in [3.63, 3.8) is 0 Å². The Bertz CT molecular complexity index is 543. The molecule has 0 spiro atoms. The molecule has 1 aromatic rings. The largest absolute Gasteiger partial charge is 0.478 e. The van der Waals surface area contributed by atoms with E-state index in [0.29, 0.717) is 5.56 Å². The van der Waals surface area contributed by atoms with Crippen LogP contribution in [-0.2, 0) is 4.79 Å². The Balaban J connectivity index is 2.15. The van der Waals surface area contributed by atoms with Crippen LogP contribution in [0.3, 0.4) is 0 Å². The Kier molecular flexibility index (Phi) is 4.56. The number of aliphatic carboxylic acids is 1. The second-order valence-electron chi connectivity index (χ2n) is 5.10. The molecule has 0 saturated carbocycles. The Morgan fingerprint density at radius 2 is 1.90 bits per heavy atom. The lowest BCUT2D eigenvalue weighted by Gasteiger charge is -2.26. The van der Waals surface area contributed by atoms with Gasteiger partial charge in [-0.3, -0.25) is 4.79 Å². The lowest BCUT2D eigenvalue weighted by atomic mass is 10.0. The minimum atomic E-state index is -0.974. The highest BCUT2D eigenvalue weighted by molar-refractivity contribution is 5.95. The van der Waals surface area contributed by atoms with E-state index >= 15 is 0 Å². The summed E-state index contributed by atoms with van der Waals surface area (Å²) in [5.41, 5.74) is 2.41. The molecule has 0 aromatic heterocycles. The number of carboxylic acid groups (broad SMARTS) is 1. The van der Waals surface area contributed by atoms with Crippen molar-refractivity contribution in [3.8, 4) is 0 Å². The van der Waals surface area contributed by atoms with Gasteiger partial charge in [-0.1, -0.05) is 6.07 Å². The first-order chi connectivity index (χ1) is 9.58. The van der Waals surface area contributed by atoms with Gasteiger partial charge in [-0.25, -0.2) is 4.79 Å². The van der Waals surface area contributed by atoms with Gasteiger partial charge in [0.05, 0.1) is 0 Å². The number of hydrogen-bond donors (Lipinski definition) is 1. The fourth-order valence-electron chi connectivity index (χ4n) is 2.44. The van der Waals surface area contributed by atoms with Crippen LogP contribution in [0.15, 0.2) is 24.3 Å². The van der Waals surface area contributed by atoms with E-state index in [1.807, 2.05) is 17.9 Å². The third kappa shape index (κ3) is 3.47. The van der Waals surface area contributed by atoms with Crippen LogP contribution in [0, 0.1) is 6.92 Å². The average Bonchev–Trinajstić information content (AvgIpc) is 2.46. The van der Waals surface area contributed by atoms with E-state index in [-0.39, 0.29) is 5.91 Å². The highest BCUT2D eigenvalue weighted by Gasteiger charge is 2.18. The van der Waals surface area contributed by atoms with Gasteiger partial charge in [0.25, 0.3) is 5.91 Å². The summed E-state index contributed by atoms with van der Waals surface area (Å²) < 4.78 is 0. The summed E-state index contributed by atoms with van der Waals surface area (Å²) in [5, 5.41) is 8.63. The molecule has 1 heterocycles. The molecule has 1 saturated heterocycles. The van der Waals surface area contributed by atoms with Crippen molar-refractivity contribution in [2.45, 2.75) is 26.2 Å².